The topological polar surface area (TPSA) is 180 Å². The van der Waals surface area contributed by atoms with Crippen LogP contribution in [-0.4, -0.2) is 40.9 Å². The molecule has 0 aromatic heterocycles. The number of hydrogen-bond acceptors (Lipinski definition) is 6. The molecule has 0 aliphatic heterocycles. The average molecular weight is 492 g/mol. The van der Waals surface area contributed by atoms with Gasteiger partial charge in [0.05, 0.1) is 0 Å². The van der Waals surface area contributed by atoms with Crippen molar-refractivity contribution in [2.75, 3.05) is 0 Å². The van der Waals surface area contributed by atoms with Crippen LogP contribution in [0.15, 0.2) is 10.3 Å². The molecule has 0 aliphatic rings. The van der Waals surface area contributed by atoms with Gasteiger partial charge in [0.15, 0.2) is 10.9 Å². The van der Waals surface area contributed by atoms with Gasteiger partial charge in [0.2, 0.25) is 0 Å². The van der Waals surface area contributed by atoms with Crippen LogP contribution in [0.5, 0.6) is 0 Å². The van der Waals surface area contributed by atoms with E-state index in [0.29, 0.717) is 12.8 Å². The Morgan fingerprint density at radius 2 is 0.733 bits per heavy atom. The molecule has 0 atom stereocenters. The van der Waals surface area contributed by atoms with Crippen molar-refractivity contribution < 1.29 is 101 Å². The Kier molecular flexibility index (Phi) is 24.9. The van der Waals surface area contributed by atoms with E-state index in [1.165, 1.54) is 0 Å². The van der Waals surface area contributed by atoms with Gasteiger partial charge in [-0.15, -0.1) is 0 Å². The van der Waals surface area contributed by atoms with Gasteiger partial charge in [-0.2, -0.15) is 0 Å². The van der Waals surface area contributed by atoms with Gasteiger partial charge in [0, 0.05) is 12.8 Å². The van der Waals surface area contributed by atoms with E-state index >= 15 is 0 Å². The zero-order valence-electron chi connectivity index (χ0n) is 20.2. The molecule has 0 aromatic carbocycles. The SMILES string of the molecule is O=P(O)(O)/C(CCCCCCCCCCCCCC/C(=N/O)P(=O)(O)O)=N\O.[H-].[H-].[Na+].[Na+]. The molecule has 0 spiro atoms. The summed E-state index contributed by atoms with van der Waals surface area (Å²) in [6.45, 7) is 0. The summed E-state index contributed by atoms with van der Waals surface area (Å²) in [6, 6.07) is 0. The summed E-state index contributed by atoms with van der Waals surface area (Å²) in [7, 11) is -8.85. The van der Waals surface area contributed by atoms with Crippen LogP contribution in [0.3, 0.4) is 0 Å². The first kappa shape index (κ1) is 35.8. The molecule has 0 saturated carbocycles. The standard InChI is InChI=1S/C16H34N2O8P2.2Na.2H/c19-17-15(27(21,22)23)13-11-9-7-5-3-1-2-4-6-8-10-12-14-16(18-20)28(24,25)26;;;;/h19-20H,1-14H2,(H2,21,22,23)(H2,24,25,26);;;;/q;2*+1;2*-1/b17-15-,18-16-;;;;. The van der Waals surface area contributed by atoms with Crippen LogP contribution in [-0.2, 0) is 9.13 Å². The zero-order chi connectivity index (χ0) is 21.5. The predicted molar refractivity (Wildman–Crippen MR) is 109 cm³/mol. The molecule has 0 amide bonds. The summed E-state index contributed by atoms with van der Waals surface area (Å²) in [6.07, 6.45) is 11.7. The van der Waals surface area contributed by atoms with Crippen molar-refractivity contribution in [1.29, 1.82) is 0 Å². The Morgan fingerprint density at radius 1 is 0.533 bits per heavy atom. The van der Waals surface area contributed by atoms with Gasteiger partial charge in [0.1, 0.15) is 0 Å². The summed E-state index contributed by atoms with van der Waals surface area (Å²) < 4.78 is 21.9. The van der Waals surface area contributed by atoms with Gasteiger partial charge >= 0.3 is 74.3 Å². The third kappa shape index (κ3) is 19.9. The first-order valence-electron chi connectivity index (χ1n) is 9.67. The maximum Gasteiger partial charge on any atom is 1.00 e. The Bertz CT molecular complexity index is 542. The van der Waals surface area contributed by atoms with Gasteiger partial charge in [0.25, 0.3) is 0 Å². The number of unbranched alkanes of at least 4 members (excludes halogenated alkanes) is 11. The zero-order valence-corrected chi connectivity index (χ0v) is 24.0. The van der Waals surface area contributed by atoms with Crippen molar-refractivity contribution in [3.05, 3.63) is 0 Å². The van der Waals surface area contributed by atoms with Crippen LogP contribution in [0, 0.1) is 0 Å². The fourth-order valence-electron chi connectivity index (χ4n) is 2.84. The number of rotatable bonds is 17. The normalized spacial score (nSPS) is 12.9. The van der Waals surface area contributed by atoms with Crippen LogP contribution < -0.4 is 59.1 Å². The van der Waals surface area contributed by atoms with Crippen LogP contribution in [0.2, 0.25) is 0 Å². The Hall–Kier alpha value is 1.24. The Balaban J connectivity index is -0.000000607. The summed E-state index contributed by atoms with van der Waals surface area (Å²) >= 11 is 0. The third-order valence-corrected chi connectivity index (χ3v) is 6.43. The van der Waals surface area contributed by atoms with Crippen molar-refractivity contribution in [3.8, 4) is 0 Å². The van der Waals surface area contributed by atoms with Gasteiger partial charge < -0.3 is 32.8 Å². The molecule has 14 heteroatoms. The molecule has 0 aromatic rings. The number of nitrogens with zero attached hydrogens (tertiary/aromatic N) is 2. The van der Waals surface area contributed by atoms with Crippen molar-refractivity contribution in [2.24, 2.45) is 10.3 Å². The van der Waals surface area contributed by atoms with E-state index in [0.717, 1.165) is 64.2 Å². The fraction of sp³-hybridized carbons (Fsp3) is 0.875. The maximum absolute atomic E-state index is 11.0. The monoisotopic (exact) mass is 492 g/mol. The molecular weight excluding hydrogens is 456 g/mol. The van der Waals surface area contributed by atoms with Crippen LogP contribution in [0.1, 0.15) is 92.7 Å². The molecule has 170 valence electrons. The summed E-state index contributed by atoms with van der Waals surface area (Å²) in [4.78, 5) is 35.6. The van der Waals surface area contributed by atoms with Crippen LogP contribution >= 0.6 is 15.2 Å². The second kappa shape index (κ2) is 20.8. The largest absolute Gasteiger partial charge is 1.00 e. The van der Waals surface area contributed by atoms with E-state index in [1.54, 1.807) is 0 Å². The van der Waals surface area contributed by atoms with Gasteiger partial charge in [-0.25, -0.2) is 0 Å². The smallest absolute Gasteiger partial charge is 1.00 e. The molecule has 0 aliphatic carbocycles. The van der Waals surface area contributed by atoms with Gasteiger partial charge in [-0.3, -0.25) is 9.13 Å². The van der Waals surface area contributed by atoms with E-state index in [4.69, 9.17) is 30.0 Å². The predicted octanol–water partition coefficient (Wildman–Crippen LogP) is -1.39. The molecule has 0 bridgehead atoms. The minimum atomic E-state index is -4.43. The minimum Gasteiger partial charge on any atom is -1.00 e. The maximum atomic E-state index is 11.0. The summed E-state index contributed by atoms with van der Waals surface area (Å²) in [5, 5.41) is 22.5. The molecule has 0 radical (unpaired) electrons. The summed E-state index contributed by atoms with van der Waals surface area (Å²) in [5.41, 5.74) is -0.900. The van der Waals surface area contributed by atoms with Crippen LogP contribution in [0.4, 0.5) is 0 Å². The van der Waals surface area contributed by atoms with E-state index < -0.39 is 26.1 Å². The van der Waals surface area contributed by atoms with Crippen molar-refractivity contribution >= 4 is 26.1 Å². The molecular formula is C16H36N2Na2O8P2. The average Bonchev–Trinajstić information content (AvgIpc) is 2.59. The van der Waals surface area contributed by atoms with Crippen LogP contribution in [0.25, 0.3) is 0 Å². The molecule has 6 N–H and O–H groups in total. The van der Waals surface area contributed by atoms with Crippen molar-refractivity contribution in [2.45, 2.75) is 89.9 Å². The van der Waals surface area contributed by atoms with Crippen molar-refractivity contribution in [3.63, 3.8) is 0 Å². The summed E-state index contributed by atoms with van der Waals surface area (Å²) in [5.74, 6) is 0. The molecule has 0 saturated heterocycles. The second-order valence-electron chi connectivity index (χ2n) is 6.86. The van der Waals surface area contributed by atoms with E-state index in [2.05, 4.69) is 10.3 Å². The molecule has 0 rings (SSSR count). The van der Waals surface area contributed by atoms with Gasteiger partial charge in [-0.05, 0) is 12.8 Å². The fourth-order valence-corrected chi connectivity index (χ4v) is 3.97. The molecule has 0 fully saturated rings. The number of hydrogen-bond donors (Lipinski definition) is 6. The van der Waals surface area contributed by atoms with E-state index in [1.807, 2.05) is 0 Å². The molecule has 0 heterocycles. The quantitative estimate of drug-likeness (QED) is 0.0359. The molecule has 0 unspecified atom stereocenters. The third-order valence-electron chi connectivity index (χ3n) is 4.45. The Morgan fingerprint density at radius 3 is 0.900 bits per heavy atom. The van der Waals surface area contributed by atoms with E-state index in [-0.39, 0.29) is 74.8 Å². The second-order valence-corrected chi connectivity index (χ2v) is 10.1. The molecule has 10 nitrogen and oxygen atoms in total. The van der Waals surface area contributed by atoms with E-state index in [9.17, 15) is 9.13 Å². The molecule has 30 heavy (non-hydrogen) atoms. The van der Waals surface area contributed by atoms with Gasteiger partial charge in [-0.1, -0.05) is 74.5 Å². The minimum absolute atomic E-state index is 0. The first-order chi connectivity index (χ1) is 13.1. The van der Waals surface area contributed by atoms with Crippen molar-refractivity contribution in [1.82, 2.24) is 0 Å². The number of oxime groups is 2. The first-order valence-corrected chi connectivity index (χ1v) is 12.9. The Labute approximate surface area is 225 Å².